The van der Waals surface area contributed by atoms with E-state index < -0.39 is 0 Å². The molecule has 2 fully saturated rings. The van der Waals surface area contributed by atoms with Gasteiger partial charge in [-0.25, -0.2) is 0 Å². The summed E-state index contributed by atoms with van der Waals surface area (Å²) in [6, 6.07) is 0.864. The molecular formula is C14H28N2. The molecular weight excluding hydrogens is 196 g/mol. The van der Waals surface area contributed by atoms with Crippen LogP contribution in [0.15, 0.2) is 0 Å². The first-order chi connectivity index (χ1) is 7.79. The summed E-state index contributed by atoms with van der Waals surface area (Å²) in [6.45, 7) is 5.89. The Morgan fingerprint density at radius 2 is 2.06 bits per heavy atom. The lowest BCUT2D eigenvalue weighted by molar-refractivity contribution is 0.0761. The van der Waals surface area contributed by atoms with Crippen LogP contribution in [0, 0.1) is 5.41 Å². The summed E-state index contributed by atoms with van der Waals surface area (Å²) in [4.78, 5) is 2.74. The number of rotatable bonds is 5. The van der Waals surface area contributed by atoms with Crippen LogP contribution in [0.25, 0.3) is 0 Å². The number of hydrogen-bond donors (Lipinski definition) is 1. The van der Waals surface area contributed by atoms with Gasteiger partial charge in [-0.15, -0.1) is 0 Å². The van der Waals surface area contributed by atoms with Crippen LogP contribution in [0.3, 0.4) is 0 Å². The first-order valence-electron chi connectivity index (χ1n) is 7.24. The van der Waals surface area contributed by atoms with Crippen molar-refractivity contribution in [3.05, 3.63) is 0 Å². The second kappa shape index (κ2) is 5.50. The number of nitrogens with zero attached hydrogens (tertiary/aromatic N) is 1. The summed E-state index contributed by atoms with van der Waals surface area (Å²) >= 11 is 0. The van der Waals surface area contributed by atoms with E-state index >= 15 is 0 Å². The van der Waals surface area contributed by atoms with Crippen LogP contribution in [0.2, 0.25) is 0 Å². The highest BCUT2D eigenvalue weighted by Gasteiger charge is 2.36. The van der Waals surface area contributed by atoms with Crippen molar-refractivity contribution < 1.29 is 0 Å². The molecule has 0 spiro atoms. The predicted molar refractivity (Wildman–Crippen MR) is 69.5 cm³/mol. The molecule has 16 heavy (non-hydrogen) atoms. The summed E-state index contributed by atoms with van der Waals surface area (Å²) in [5.74, 6) is 0. The van der Waals surface area contributed by atoms with Gasteiger partial charge in [-0.05, 0) is 63.6 Å². The smallest absolute Gasteiger partial charge is 0.00926 e. The van der Waals surface area contributed by atoms with Crippen molar-refractivity contribution >= 4 is 0 Å². The zero-order valence-corrected chi connectivity index (χ0v) is 10.9. The summed E-state index contributed by atoms with van der Waals surface area (Å²) < 4.78 is 0. The fraction of sp³-hybridized carbons (Fsp3) is 1.00. The van der Waals surface area contributed by atoms with Gasteiger partial charge in [0.05, 0.1) is 0 Å². The molecule has 1 atom stereocenters. The molecule has 2 heteroatoms. The largest absolute Gasteiger partial charge is 0.330 e. The van der Waals surface area contributed by atoms with E-state index in [0.29, 0.717) is 5.41 Å². The first kappa shape index (κ1) is 12.4. The molecule has 2 N–H and O–H groups in total. The van der Waals surface area contributed by atoms with Gasteiger partial charge in [0.2, 0.25) is 0 Å². The summed E-state index contributed by atoms with van der Waals surface area (Å²) in [5.41, 5.74) is 6.47. The highest BCUT2D eigenvalue weighted by atomic mass is 15.2. The molecule has 2 aliphatic rings. The lowest BCUT2D eigenvalue weighted by Crippen LogP contribution is -2.44. The maximum atomic E-state index is 5.93. The minimum atomic E-state index is 0.537. The van der Waals surface area contributed by atoms with Crippen LogP contribution in [0.4, 0.5) is 0 Å². The van der Waals surface area contributed by atoms with Crippen LogP contribution in [-0.4, -0.2) is 30.6 Å². The second-order valence-corrected chi connectivity index (χ2v) is 5.90. The Hall–Kier alpha value is -0.0800. The topological polar surface area (TPSA) is 29.3 Å². The monoisotopic (exact) mass is 224 g/mol. The van der Waals surface area contributed by atoms with Crippen LogP contribution >= 0.6 is 0 Å². The first-order valence-corrected chi connectivity index (χ1v) is 7.24. The van der Waals surface area contributed by atoms with E-state index in [1.807, 2.05) is 0 Å². The molecule has 0 aromatic heterocycles. The van der Waals surface area contributed by atoms with Crippen molar-refractivity contribution in [3.8, 4) is 0 Å². The van der Waals surface area contributed by atoms with Gasteiger partial charge in [0, 0.05) is 6.04 Å². The van der Waals surface area contributed by atoms with Gasteiger partial charge in [-0.1, -0.05) is 19.8 Å². The van der Waals surface area contributed by atoms with Crippen molar-refractivity contribution in [2.24, 2.45) is 11.1 Å². The molecule has 1 saturated heterocycles. The maximum absolute atomic E-state index is 5.93. The lowest BCUT2D eigenvalue weighted by Gasteiger charge is -2.44. The van der Waals surface area contributed by atoms with Crippen LogP contribution in [0.1, 0.15) is 58.3 Å². The molecule has 0 aromatic carbocycles. The van der Waals surface area contributed by atoms with Crippen LogP contribution in [-0.2, 0) is 0 Å². The van der Waals surface area contributed by atoms with Crippen molar-refractivity contribution in [2.75, 3.05) is 19.6 Å². The molecule has 0 bridgehead atoms. The second-order valence-electron chi connectivity index (χ2n) is 5.90. The number of likely N-dealkylation sites (tertiary alicyclic amines) is 1. The van der Waals surface area contributed by atoms with Gasteiger partial charge in [-0.3, -0.25) is 0 Å². The molecule has 2 rings (SSSR count). The SMILES string of the molecule is CCC1CCCCN1CCC1(CN)CCC1. The molecule has 1 aliphatic carbocycles. The number of piperidine rings is 1. The molecule has 0 amide bonds. The maximum Gasteiger partial charge on any atom is 0.00926 e. The van der Waals surface area contributed by atoms with E-state index in [1.165, 1.54) is 64.5 Å². The quantitative estimate of drug-likeness (QED) is 0.778. The lowest BCUT2D eigenvalue weighted by atomic mass is 9.66. The fourth-order valence-electron chi connectivity index (χ4n) is 3.43. The molecule has 1 saturated carbocycles. The fourth-order valence-corrected chi connectivity index (χ4v) is 3.43. The van der Waals surface area contributed by atoms with Crippen LogP contribution in [0.5, 0.6) is 0 Å². The van der Waals surface area contributed by atoms with E-state index in [-0.39, 0.29) is 0 Å². The van der Waals surface area contributed by atoms with Gasteiger partial charge in [0.25, 0.3) is 0 Å². The molecule has 1 heterocycles. The Balaban J connectivity index is 1.79. The average molecular weight is 224 g/mol. The third kappa shape index (κ3) is 2.60. The average Bonchev–Trinajstić information content (AvgIpc) is 2.29. The molecule has 1 aliphatic heterocycles. The van der Waals surface area contributed by atoms with Crippen LogP contribution < -0.4 is 5.73 Å². The van der Waals surface area contributed by atoms with Gasteiger partial charge in [0.15, 0.2) is 0 Å². The van der Waals surface area contributed by atoms with E-state index in [0.717, 1.165) is 12.6 Å². The van der Waals surface area contributed by atoms with E-state index in [9.17, 15) is 0 Å². The van der Waals surface area contributed by atoms with Gasteiger partial charge >= 0.3 is 0 Å². The molecule has 1 unspecified atom stereocenters. The highest BCUT2D eigenvalue weighted by molar-refractivity contribution is 4.90. The van der Waals surface area contributed by atoms with Gasteiger partial charge in [-0.2, -0.15) is 0 Å². The Morgan fingerprint density at radius 3 is 2.62 bits per heavy atom. The number of nitrogens with two attached hydrogens (primary N) is 1. The van der Waals surface area contributed by atoms with E-state index in [4.69, 9.17) is 5.73 Å². The Morgan fingerprint density at radius 1 is 1.25 bits per heavy atom. The normalized spacial score (nSPS) is 30.0. The molecule has 0 aromatic rings. The van der Waals surface area contributed by atoms with Gasteiger partial charge in [0.1, 0.15) is 0 Å². The van der Waals surface area contributed by atoms with E-state index in [2.05, 4.69) is 11.8 Å². The predicted octanol–water partition coefficient (Wildman–Crippen LogP) is 2.77. The highest BCUT2D eigenvalue weighted by Crippen LogP contribution is 2.43. The summed E-state index contributed by atoms with van der Waals surface area (Å²) in [6.07, 6.45) is 11.1. The molecule has 2 nitrogen and oxygen atoms in total. The minimum Gasteiger partial charge on any atom is -0.330 e. The minimum absolute atomic E-state index is 0.537. The third-order valence-electron chi connectivity index (χ3n) is 5.00. The standard InChI is InChI=1S/C14H28N2/c1-2-13-6-3-4-10-16(13)11-9-14(12-15)7-5-8-14/h13H,2-12,15H2,1H3. The van der Waals surface area contributed by atoms with Gasteiger partial charge < -0.3 is 10.6 Å². The Labute approximate surface area is 101 Å². The van der Waals surface area contributed by atoms with Crippen molar-refractivity contribution in [1.82, 2.24) is 4.90 Å². The summed E-state index contributed by atoms with van der Waals surface area (Å²) in [5, 5.41) is 0. The zero-order valence-electron chi connectivity index (χ0n) is 10.9. The Bertz CT molecular complexity index is 205. The molecule has 0 radical (unpaired) electrons. The van der Waals surface area contributed by atoms with Crippen molar-refractivity contribution in [3.63, 3.8) is 0 Å². The molecule has 94 valence electrons. The zero-order chi connectivity index (χ0) is 11.4. The number of hydrogen-bond acceptors (Lipinski definition) is 2. The van der Waals surface area contributed by atoms with Crippen molar-refractivity contribution in [2.45, 2.75) is 64.3 Å². The van der Waals surface area contributed by atoms with Crippen molar-refractivity contribution in [1.29, 1.82) is 0 Å². The third-order valence-corrected chi connectivity index (χ3v) is 5.00. The Kier molecular flexibility index (Phi) is 4.26. The summed E-state index contributed by atoms with van der Waals surface area (Å²) in [7, 11) is 0. The van der Waals surface area contributed by atoms with E-state index in [1.54, 1.807) is 0 Å².